The summed E-state index contributed by atoms with van der Waals surface area (Å²) in [6, 6.07) is 0.816. The Labute approximate surface area is 125 Å². The van der Waals surface area contributed by atoms with Crippen molar-refractivity contribution in [3.8, 4) is 0 Å². The van der Waals surface area contributed by atoms with Gasteiger partial charge in [-0.25, -0.2) is 0 Å². The van der Waals surface area contributed by atoms with Crippen molar-refractivity contribution in [3.05, 3.63) is 0 Å². The molecule has 0 bridgehead atoms. The molecule has 0 aliphatic carbocycles. The van der Waals surface area contributed by atoms with Gasteiger partial charge in [0.1, 0.15) is 0 Å². The molecule has 0 aromatic heterocycles. The molecule has 2 atom stereocenters. The standard InChI is InChI=1S/C14H31N.2C2H6/c1-6-10-12-13(8-3)14(11-7-2)15(5)9-4;2*1-2/h13-14H,6-12H2,1-5H3;2*1-2H3. The summed E-state index contributed by atoms with van der Waals surface area (Å²) in [5.41, 5.74) is 0. The van der Waals surface area contributed by atoms with Crippen LogP contribution in [0.2, 0.25) is 0 Å². The molecule has 0 radical (unpaired) electrons. The first-order valence-corrected chi connectivity index (χ1v) is 8.91. The maximum Gasteiger partial charge on any atom is 0.0120 e. The molecule has 19 heavy (non-hydrogen) atoms. The second-order valence-electron chi connectivity index (χ2n) is 4.74. The molecule has 0 amide bonds. The minimum atomic E-state index is 0.816. The van der Waals surface area contributed by atoms with Crippen LogP contribution < -0.4 is 0 Å². The van der Waals surface area contributed by atoms with Crippen molar-refractivity contribution in [3.63, 3.8) is 0 Å². The van der Waals surface area contributed by atoms with Gasteiger partial charge in [-0.15, -0.1) is 0 Å². The largest absolute Gasteiger partial charge is 0.303 e. The van der Waals surface area contributed by atoms with Gasteiger partial charge in [-0.1, -0.05) is 81.1 Å². The number of rotatable bonds is 9. The van der Waals surface area contributed by atoms with Gasteiger partial charge in [0.2, 0.25) is 0 Å². The smallest absolute Gasteiger partial charge is 0.0120 e. The molecule has 0 heterocycles. The van der Waals surface area contributed by atoms with Crippen LogP contribution in [0.3, 0.4) is 0 Å². The highest BCUT2D eigenvalue weighted by Crippen LogP contribution is 2.23. The lowest BCUT2D eigenvalue weighted by atomic mass is 9.88. The first-order valence-electron chi connectivity index (χ1n) is 8.91. The summed E-state index contributed by atoms with van der Waals surface area (Å²) in [6.45, 7) is 18.4. The molecule has 0 aromatic rings. The monoisotopic (exact) mass is 273 g/mol. The van der Waals surface area contributed by atoms with Gasteiger partial charge in [0.15, 0.2) is 0 Å². The highest BCUT2D eigenvalue weighted by molar-refractivity contribution is 4.76. The molecule has 2 unspecified atom stereocenters. The van der Waals surface area contributed by atoms with E-state index in [9.17, 15) is 0 Å². The van der Waals surface area contributed by atoms with Crippen molar-refractivity contribution in [2.45, 2.75) is 100.0 Å². The van der Waals surface area contributed by atoms with Crippen LogP contribution in [0.5, 0.6) is 0 Å². The lowest BCUT2D eigenvalue weighted by molar-refractivity contribution is 0.157. The van der Waals surface area contributed by atoms with Crippen molar-refractivity contribution < 1.29 is 0 Å². The van der Waals surface area contributed by atoms with Gasteiger partial charge in [-0.3, -0.25) is 0 Å². The van der Waals surface area contributed by atoms with Gasteiger partial charge < -0.3 is 4.90 Å². The summed E-state index contributed by atoms with van der Waals surface area (Å²) in [4.78, 5) is 2.55. The fraction of sp³-hybridized carbons (Fsp3) is 1.00. The Morgan fingerprint density at radius 1 is 0.789 bits per heavy atom. The van der Waals surface area contributed by atoms with E-state index >= 15 is 0 Å². The van der Waals surface area contributed by atoms with Gasteiger partial charge in [0.25, 0.3) is 0 Å². The molecule has 0 spiro atoms. The number of hydrogen-bond acceptors (Lipinski definition) is 1. The molecule has 0 aromatic carbocycles. The van der Waals surface area contributed by atoms with Crippen molar-refractivity contribution in [1.82, 2.24) is 4.90 Å². The lowest BCUT2D eigenvalue weighted by Crippen LogP contribution is -2.37. The van der Waals surface area contributed by atoms with Crippen LogP contribution in [0.15, 0.2) is 0 Å². The second kappa shape index (κ2) is 20.3. The Morgan fingerprint density at radius 3 is 1.63 bits per heavy atom. The molecular weight excluding hydrogens is 230 g/mol. The van der Waals surface area contributed by atoms with E-state index in [1.807, 2.05) is 27.7 Å². The summed E-state index contributed by atoms with van der Waals surface area (Å²) in [6.07, 6.45) is 8.18. The minimum absolute atomic E-state index is 0.816. The zero-order valence-corrected chi connectivity index (χ0v) is 15.6. The van der Waals surface area contributed by atoms with Crippen molar-refractivity contribution in [2.75, 3.05) is 13.6 Å². The average molecular weight is 274 g/mol. The molecule has 0 aliphatic heterocycles. The van der Waals surface area contributed by atoms with Crippen molar-refractivity contribution in [2.24, 2.45) is 5.92 Å². The van der Waals surface area contributed by atoms with Gasteiger partial charge in [-0.05, 0) is 32.4 Å². The Balaban J connectivity index is -0.000000579. The maximum atomic E-state index is 2.55. The average Bonchev–Trinajstić information content (AvgIpc) is 2.50. The third-order valence-electron chi connectivity index (χ3n) is 3.65. The predicted molar refractivity (Wildman–Crippen MR) is 93.0 cm³/mol. The first-order chi connectivity index (χ1) is 9.21. The molecule has 0 saturated carbocycles. The van der Waals surface area contributed by atoms with Gasteiger partial charge in [-0.2, -0.15) is 0 Å². The molecule has 1 nitrogen and oxygen atoms in total. The molecule has 120 valence electrons. The van der Waals surface area contributed by atoms with E-state index < -0.39 is 0 Å². The number of unbranched alkanes of at least 4 members (excludes halogenated alkanes) is 1. The SMILES string of the molecule is CC.CC.CCCCC(CC)C(CCC)N(C)CC. The first kappa shape index (κ1) is 24.0. The summed E-state index contributed by atoms with van der Waals surface area (Å²) < 4.78 is 0. The fourth-order valence-electron chi connectivity index (χ4n) is 2.48. The molecule has 0 N–H and O–H groups in total. The van der Waals surface area contributed by atoms with Gasteiger partial charge in [0, 0.05) is 6.04 Å². The Bertz CT molecular complexity index is 134. The van der Waals surface area contributed by atoms with Crippen LogP contribution in [-0.4, -0.2) is 24.5 Å². The van der Waals surface area contributed by atoms with Gasteiger partial charge in [0.05, 0.1) is 0 Å². The third-order valence-corrected chi connectivity index (χ3v) is 3.65. The maximum absolute atomic E-state index is 2.55. The fourth-order valence-corrected chi connectivity index (χ4v) is 2.48. The topological polar surface area (TPSA) is 3.24 Å². The predicted octanol–water partition coefficient (Wildman–Crippen LogP) is 6.38. The highest BCUT2D eigenvalue weighted by Gasteiger charge is 2.21. The Kier molecular flexibility index (Phi) is 25.6. The summed E-state index contributed by atoms with van der Waals surface area (Å²) in [5, 5.41) is 0. The van der Waals surface area contributed by atoms with E-state index in [4.69, 9.17) is 0 Å². The third kappa shape index (κ3) is 12.7. The molecule has 0 saturated heterocycles. The summed E-state index contributed by atoms with van der Waals surface area (Å²) in [7, 11) is 2.29. The quantitative estimate of drug-likeness (QED) is 0.471. The summed E-state index contributed by atoms with van der Waals surface area (Å²) in [5.74, 6) is 0.912. The summed E-state index contributed by atoms with van der Waals surface area (Å²) >= 11 is 0. The van der Waals surface area contributed by atoms with Gasteiger partial charge >= 0.3 is 0 Å². The highest BCUT2D eigenvalue weighted by atomic mass is 15.1. The van der Waals surface area contributed by atoms with E-state index in [1.165, 1.54) is 45.1 Å². The van der Waals surface area contributed by atoms with E-state index in [1.54, 1.807) is 0 Å². The second-order valence-corrected chi connectivity index (χ2v) is 4.74. The number of hydrogen-bond donors (Lipinski definition) is 0. The number of nitrogens with zero attached hydrogens (tertiary/aromatic N) is 1. The molecule has 1 heteroatoms. The zero-order valence-electron chi connectivity index (χ0n) is 15.6. The van der Waals surface area contributed by atoms with Crippen LogP contribution in [0, 0.1) is 5.92 Å². The minimum Gasteiger partial charge on any atom is -0.303 e. The zero-order chi connectivity index (χ0) is 15.7. The van der Waals surface area contributed by atoms with Crippen LogP contribution in [-0.2, 0) is 0 Å². The van der Waals surface area contributed by atoms with Crippen molar-refractivity contribution >= 4 is 0 Å². The van der Waals surface area contributed by atoms with E-state index in [2.05, 4.69) is 39.6 Å². The van der Waals surface area contributed by atoms with Crippen LogP contribution >= 0.6 is 0 Å². The van der Waals surface area contributed by atoms with E-state index in [0.717, 1.165) is 12.0 Å². The molecule has 0 fully saturated rings. The Hall–Kier alpha value is -0.0400. The van der Waals surface area contributed by atoms with Crippen LogP contribution in [0.4, 0.5) is 0 Å². The van der Waals surface area contributed by atoms with E-state index in [0.29, 0.717) is 0 Å². The molecular formula is C18H43N. The van der Waals surface area contributed by atoms with E-state index in [-0.39, 0.29) is 0 Å². The van der Waals surface area contributed by atoms with Crippen LogP contribution in [0.25, 0.3) is 0 Å². The lowest BCUT2D eigenvalue weighted by Gasteiger charge is -2.33. The van der Waals surface area contributed by atoms with Crippen molar-refractivity contribution in [1.29, 1.82) is 0 Å². The Morgan fingerprint density at radius 2 is 1.32 bits per heavy atom. The molecule has 0 rings (SSSR count). The molecule has 0 aliphatic rings. The van der Waals surface area contributed by atoms with Crippen LogP contribution in [0.1, 0.15) is 93.9 Å². The normalized spacial score (nSPS) is 12.9.